The molecule has 0 aliphatic carbocycles. The molecule has 1 atom stereocenters. The second-order valence-electron chi connectivity index (χ2n) is 6.13. The van der Waals surface area contributed by atoms with Crippen molar-refractivity contribution in [2.75, 3.05) is 6.54 Å². The van der Waals surface area contributed by atoms with Crippen LogP contribution >= 0.6 is 11.9 Å². The van der Waals surface area contributed by atoms with E-state index in [4.69, 9.17) is 0 Å². The van der Waals surface area contributed by atoms with Crippen LogP contribution in [-0.4, -0.2) is 21.3 Å². The van der Waals surface area contributed by atoms with Gasteiger partial charge in [-0.15, -0.1) is 0 Å². The van der Waals surface area contributed by atoms with E-state index < -0.39 is 0 Å². The Bertz CT molecular complexity index is 762. The molecule has 0 radical (unpaired) electrons. The summed E-state index contributed by atoms with van der Waals surface area (Å²) in [6.45, 7) is 7.65. The van der Waals surface area contributed by atoms with Crippen LogP contribution < -0.4 is 4.72 Å². The molecule has 3 nitrogen and oxygen atoms in total. The topological polar surface area (TPSA) is 29.9 Å². The predicted octanol–water partition coefficient (Wildman–Crippen LogP) is 4.78. The molecule has 1 N–H and O–H groups in total. The Morgan fingerprint density at radius 3 is 2.61 bits per heavy atom. The molecule has 0 saturated carbocycles. The summed E-state index contributed by atoms with van der Waals surface area (Å²) in [6.07, 6.45) is 5.85. The number of aromatic nitrogens is 2. The van der Waals surface area contributed by atoms with E-state index in [9.17, 15) is 0 Å². The second kappa shape index (κ2) is 7.20. The first kappa shape index (κ1) is 16.1. The third kappa shape index (κ3) is 3.77. The van der Waals surface area contributed by atoms with Crippen LogP contribution in [0.5, 0.6) is 0 Å². The predicted molar refractivity (Wildman–Crippen MR) is 100 cm³/mol. The summed E-state index contributed by atoms with van der Waals surface area (Å²) < 4.78 is 5.64. The van der Waals surface area contributed by atoms with Crippen molar-refractivity contribution in [3.05, 3.63) is 60.6 Å². The van der Waals surface area contributed by atoms with Gasteiger partial charge in [-0.25, -0.2) is 0 Å². The van der Waals surface area contributed by atoms with Crippen molar-refractivity contribution >= 4 is 22.9 Å². The quantitative estimate of drug-likeness (QED) is 0.662. The fraction of sp³-hybridized carbons (Fsp3) is 0.316. The molecular formula is C19H23N3S. The van der Waals surface area contributed by atoms with E-state index in [0.29, 0.717) is 11.2 Å². The number of rotatable bonds is 6. The summed E-state index contributed by atoms with van der Waals surface area (Å²) in [7, 11) is 0. The first-order chi connectivity index (χ1) is 11.1. The molecule has 0 bridgehead atoms. The summed E-state index contributed by atoms with van der Waals surface area (Å²) >= 11 is 1.80. The largest absolute Gasteiger partial charge is 0.315 e. The number of pyridine rings is 1. The van der Waals surface area contributed by atoms with Crippen LogP contribution in [0.4, 0.5) is 0 Å². The molecular weight excluding hydrogens is 302 g/mol. The van der Waals surface area contributed by atoms with Crippen LogP contribution in [0.25, 0.3) is 16.6 Å². The third-order valence-corrected chi connectivity index (χ3v) is 4.75. The number of hydrogen-bond acceptors (Lipinski definition) is 3. The van der Waals surface area contributed by atoms with Gasteiger partial charge in [0, 0.05) is 35.3 Å². The van der Waals surface area contributed by atoms with Crippen molar-refractivity contribution in [2.45, 2.75) is 31.9 Å². The lowest BCUT2D eigenvalue weighted by Gasteiger charge is -2.15. The first-order valence-electron chi connectivity index (χ1n) is 8.05. The summed E-state index contributed by atoms with van der Waals surface area (Å²) in [6, 6.07) is 13.0. The van der Waals surface area contributed by atoms with Gasteiger partial charge in [-0.1, -0.05) is 44.9 Å². The molecule has 0 saturated heterocycles. The zero-order valence-corrected chi connectivity index (χ0v) is 14.7. The number of nitrogens with one attached hydrogen (secondary N) is 1. The Balaban J connectivity index is 1.74. The van der Waals surface area contributed by atoms with E-state index in [-0.39, 0.29) is 0 Å². The zero-order valence-electron chi connectivity index (χ0n) is 13.9. The van der Waals surface area contributed by atoms with Crippen molar-refractivity contribution in [1.82, 2.24) is 14.3 Å². The van der Waals surface area contributed by atoms with Crippen LogP contribution in [0.1, 0.15) is 32.3 Å². The van der Waals surface area contributed by atoms with Crippen molar-refractivity contribution in [1.29, 1.82) is 0 Å². The van der Waals surface area contributed by atoms with E-state index in [0.717, 1.165) is 12.1 Å². The Morgan fingerprint density at radius 1 is 1.09 bits per heavy atom. The van der Waals surface area contributed by atoms with Crippen molar-refractivity contribution in [2.24, 2.45) is 0 Å². The molecule has 3 aromatic rings. The number of hydrogen-bond donors (Lipinski definition) is 1. The maximum atomic E-state index is 4.23. The molecule has 4 heteroatoms. The average molecular weight is 325 g/mol. The van der Waals surface area contributed by atoms with Gasteiger partial charge in [0.2, 0.25) is 0 Å². The van der Waals surface area contributed by atoms with Crippen molar-refractivity contribution in [3.63, 3.8) is 0 Å². The normalized spacial score (nSPS) is 12.9. The standard InChI is InChI=1S/C19H23N3S/c1-14(2)23-21-12-15(3)16-4-6-18(7-5-16)22-11-9-17-8-10-20-13-19(17)22/h4-11,13-15,21H,12H2,1-3H3. The summed E-state index contributed by atoms with van der Waals surface area (Å²) in [5.41, 5.74) is 3.68. The minimum absolute atomic E-state index is 0.498. The maximum Gasteiger partial charge on any atom is 0.0712 e. The molecule has 23 heavy (non-hydrogen) atoms. The van der Waals surface area contributed by atoms with E-state index in [2.05, 4.69) is 71.6 Å². The Morgan fingerprint density at radius 2 is 1.87 bits per heavy atom. The van der Waals surface area contributed by atoms with Crippen molar-refractivity contribution in [3.8, 4) is 5.69 Å². The highest BCUT2D eigenvalue weighted by Gasteiger charge is 2.07. The van der Waals surface area contributed by atoms with Crippen LogP contribution in [0, 0.1) is 0 Å². The molecule has 2 heterocycles. The fourth-order valence-corrected chi connectivity index (χ4v) is 3.30. The number of nitrogens with zero attached hydrogens (tertiary/aromatic N) is 2. The summed E-state index contributed by atoms with van der Waals surface area (Å²) in [5, 5.41) is 1.83. The minimum atomic E-state index is 0.498. The highest BCUT2D eigenvalue weighted by atomic mass is 32.2. The molecule has 0 aliphatic rings. The van der Waals surface area contributed by atoms with E-state index >= 15 is 0 Å². The van der Waals surface area contributed by atoms with Gasteiger partial charge in [0.05, 0.1) is 11.7 Å². The second-order valence-corrected chi connectivity index (χ2v) is 7.60. The fourth-order valence-electron chi connectivity index (χ4n) is 2.62. The average Bonchev–Trinajstić information content (AvgIpc) is 2.98. The van der Waals surface area contributed by atoms with Crippen LogP contribution in [0.15, 0.2) is 55.0 Å². The monoisotopic (exact) mass is 325 g/mol. The maximum absolute atomic E-state index is 4.23. The van der Waals surface area contributed by atoms with Gasteiger partial charge in [-0.05, 0) is 35.7 Å². The smallest absolute Gasteiger partial charge is 0.0712 e. The van der Waals surface area contributed by atoms with Gasteiger partial charge >= 0.3 is 0 Å². The van der Waals surface area contributed by atoms with Gasteiger partial charge in [0.25, 0.3) is 0 Å². The first-order valence-corrected chi connectivity index (χ1v) is 8.93. The van der Waals surface area contributed by atoms with Gasteiger partial charge in [0.15, 0.2) is 0 Å². The zero-order chi connectivity index (χ0) is 16.2. The Hall–Kier alpha value is -1.78. The van der Waals surface area contributed by atoms with Crippen molar-refractivity contribution < 1.29 is 0 Å². The molecule has 1 unspecified atom stereocenters. The third-order valence-electron chi connectivity index (χ3n) is 3.94. The molecule has 2 aromatic heterocycles. The van der Waals surface area contributed by atoms with E-state index in [1.54, 1.807) is 11.9 Å². The lowest BCUT2D eigenvalue weighted by atomic mass is 10.0. The van der Waals surface area contributed by atoms with Gasteiger partial charge < -0.3 is 4.57 Å². The number of benzene rings is 1. The molecule has 0 fully saturated rings. The SMILES string of the molecule is CC(C)SNCC(C)c1ccc(-n2ccc3ccncc32)cc1. The molecule has 1 aromatic carbocycles. The molecule has 120 valence electrons. The van der Waals surface area contributed by atoms with E-state index in [1.165, 1.54) is 16.6 Å². The summed E-state index contributed by atoms with van der Waals surface area (Å²) in [4.78, 5) is 4.23. The van der Waals surface area contributed by atoms with Gasteiger partial charge in [-0.3, -0.25) is 9.71 Å². The van der Waals surface area contributed by atoms with Gasteiger partial charge in [0.1, 0.15) is 0 Å². The van der Waals surface area contributed by atoms with Crippen LogP contribution in [-0.2, 0) is 0 Å². The Kier molecular flexibility index (Phi) is 5.03. The Labute approximate surface area is 142 Å². The van der Waals surface area contributed by atoms with E-state index in [1.807, 2.05) is 18.5 Å². The molecule has 0 amide bonds. The lowest BCUT2D eigenvalue weighted by molar-refractivity contribution is 0.739. The molecule has 3 rings (SSSR count). The highest BCUT2D eigenvalue weighted by Crippen LogP contribution is 2.22. The highest BCUT2D eigenvalue weighted by molar-refractivity contribution is 7.97. The summed E-state index contributed by atoms with van der Waals surface area (Å²) in [5.74, 6) is 0.498. The molecule has 0 spiro atoms. The number of fused-ring (bicyclic) bond motifs is 1. The molecule has 0 aliphatic heterocycles. The van der Waals surface area contributed by atoms with Crippen LogP contribution in [0.2, 0.25) is 0 Å². The van der Waals surface area contributed by atoms with Gasteiger partial charge in [-0.2, -0.15) is 0 Å². The van der Waals surface area contributed by atoms with Crippen LogP contribution in [0.3, 0.4) is 0 Å². The minimum Gasteiger partial charge on any atom is -0.315 e. The lowest BCUT2D eigenvalue weighted by Crippen LogP contribution is -2.15.